The number of nitrogens with zero attached hydrogens (tertiary/aromatic N) is 1. The third-order valence-electron chi connectivity index (χ3n) is 4.55. The van der Waals surface area contributed by atoms with Gasteiger partial charge in [-0.1, -0.05) is 0 Å². The van der Waals surface area contributed by atoms with Gasteiger partial charge < -0.3 is 25.3 Å². The summed E-state index contributed by atoms with van der Waals surface area (Å²) in [6, 6.07) is 2.28. The monoisotopic (exact) mass is 367 g/mol. The highest BCUT2D eigenvalue weighted by Crippen LogP contribution is 2.34. The average molecular weight is 367 g/mol. The van der Waals surface area contributed by atoms with E-state index in [2.05, 4.69) is 5.32 Å². The highest BCUT2D eigenvalue weighted by atomic mass is 16.6. The lowest BCUT2D eigenvalue weighted by molar-refractivity contribution is -0.385. The minimum atomic E-state index is -0.598. The van der Waals surface area contributed by atoms with E-state index in [1.165, 1.54) is 20.3 Å². The number of nitrogens with two attached hydrogens (primary N) is 1. The molecular formula is C17H25N3O6. The first-order valence-corrected chi connectivity index (χ1v) is 8.48. The van der Waals surface area contributed by atoms with Gasteiger partial charge in [0, 0.05) is 25.3 Å². The smallest absolute Gasteiger partial charge is 0.276 e. The van der Waals surface area contributed by atoms with E-state index in [1.807, 2.05) is 0 Å². The Bertz CT molecular complexity index is 646. The van der Waals surface area contributed by atoms with Crippen LogP contribution in [0.5, 0.6) is 11.5 Å². The van der Waals surface area contributed by atoms with Gasteiger partial charge >= 0.3 is 0 Å². The molecule has 2 rings (SSSR count). The lowest BCUT2D eigenvalue weighted by Gasteiger charge is -2.26. The first-order chi connectivity index (χ1) is 12.5. The van der Waals surface area contributed by atoms with E-state index in [0.717, 1.165) is 12.8 Å². The molecule has 144 valence electrons. The van der Waals surface area contributed by atoms with E-state index >= 15 is 0 Å². The van der Waals surface area contributed by atoms with Crippen LogP contribution in [0.2, 0.25) is 0 Å². The highest BCUT2D eigenvalue weighted by molar-refractivity contribution is 5.81. The number of ether oxygens (including phenoxy) is 3. The van der Waals surface area contributed by atoms with Crippen molar-refractivity contribution < 1.29 is 23.9 Å². The van der Waals surface area contributed by atoms with Crippen LogP contribution in [-0.2, 0) is 16.0 Å². The molecule has 0 radical (unpaired) electrons. The summed E-state index contributed by atoms with van der Waals surface area (Å²) in [7, 11) is 2.88. The molecule has 1 aromatic carbocycles. The van der Waals surface area contributed by atoms with E-state index in [0.29, 0.717) is 24.5 Å². The number of amides is 1. The number of nitrogens with one attached hydrogen (secondary N) is 1. The fourth-order valence-corrected chi connectivity index (χ4v) is 3.01. The van der Waals surface area contributed by atoms with Gasteiger partial charge in [0.1, 0.15) is 0 Å². The maximum Gasteiger partial charge on any atom is 0.276 e. The predicted octanol–water partition coefficient (Wildman–Crippen LogP) is 1.02. The maximum absolute atomic E-state index is 12.2. The van der Waals surface area contributed by atoms with Crippen molar-refractivity contribution in [3.8, 4) is 11.5 Å². The Morgan fingerprint density at radius 1 is 1.35 bits per heavy atom. The normalized spacial score (nSPS) is 16.0. The Morgan fingerprint density at radius 3 is 2.54 bits per heavy atom. The molecule has 1 unspecified atom stereocenters. The van der Waals surface area contributed by atoms with E-state index in [-0.39, 0.29) is 36.2 Å². The first-order valence-electron chi connectivity index (χ1n) is 8.48. The number of benzene rings is 1. The summed E-state index contributed by atoms with van der Waals surface area (Å²) >= 11 is 0. The van der Waals surface area contributed by atoms with Crippen molar-refractivity contribution >= 4 is 11.6 Å². The van der Waals surface area contributed by atoms with Gasteiger partial charge in [0.05, 0.1) is 31.3 Å². The molecule has 0 saturated carbocycles. The van der Waals surface area contributed by atoms with Crippen LogP contribution in [0.3, 0.4) is 0 Å². The van der Waals surface area contributed by atoms with Gasteiger partial charge in [-0.05, 0) is 31.2 Å². The van der Waals surface area contributed by atoms with Gasteiger partial charge in [-0.2, -0.15) is 0 Å². The van der Waals surface area contributed by atoms with Crippen LogP contribution in [0.1, 0.15) is 18.4 Å². The van der Waals surface area contributed by atoms with Crippen LogP contribution >= 0.6 is 0 Å². The van der Waals surface area contributed by atoms with Gasteiger partial charge in [0.2, 0.25) is 5.91 Å². The lowest BCUT2D eigenvalue weighted by atomic mass is 9.92. The SMILES string of the molecule is COc1cc(CCNC(=O)C(N)C2CCOCC2)c([N+](=O)[O-])cc1OC. The van der Waals surface area contributed by atoms with Crippen molar-refractivity contribution in [2.24, 2.45) is 11.7 Å². The highest BCUT2D eigenvalue weighted by Gasteiger charge is 2.26. The molecule has 9 heteroatoms. The fraction of sp³-hybridized carbons (Fsp3) is 0.588. The quantitative estimate of drug-likeness (QED) is 0.519. The Morgan fingerprint density at radius 2 is 1.96 bits per heavy atom. The standard InChI is InChI=1S/C17H25N3O6/c1-24-14-9-12(13(20(22)23)10-15(14)25-2)3-6-19-17(21)16(18)11-4-7-26-8-5-11/h9-11,16H,3-8,18H2,1-2H3,(H,19,21). The number of carbonyl (C=O) groups is 1. The second-order valence-electron chi connectivity index (χ2n) is 6.11. The van der Waals surface area contributed by atoms with Gasteiger partial charge in [0.25, 0.3) is 5.69 Å². The Balaban J connectivity index is 1.99. The number of rotatable bonds is 8. The van der Waals surface area contributed by atoms with E-state index in [1.54, 1.807) is 6.07 Å². The van der Waals surface area contributed by atoms with Crippen molar-refractivity contribution in [1.29, 1.82) is 0 Å². The number of nitro benzene ring substituents is 1. The third kappa shape index (κ3) is 4.83. The molecule has 1 aliphatic heterocycles. The largest absolute Gasteiger partial charge is 0.493 e. The molecule has 1 heterocycles. The summed E-state index contributed by atoms with van der Waals surface area (Å²) in [4.78, 5) is 23.0. The Labute approximate surface area is 151 Å². The second kappa shape index (κ2) is 9.35. The molecule has 0 spiro atoms. The predicted molar refractivity (Wildman–Crippen MR) is 94.4 cm³/mol. The van der Waals surface area contributed by atoms with Gasteiger partial charge in [-0.3, -0.25) is 14.9 Å². The van der Waals surface area contributed by atoms with Gasteiger partial charge in [-0.25, -0.2) is 0 Å². The van der Waals surface area contributed by atoms with Crippen LogP contribution in [0.15, 0.2) is 12.1 Å². The van der Waals surface area contributed by atoms with Crippen LogP contribution in [-0.4, -0.2) is 50.9 Å². The van der Waals surface area contributed by atoms with E-state index in [4.69, 9.17) is 19.9 Å². The van der Waals surface area contributed by atoms with E-state index in [9.17, 15) is 14.9 Å². The molecule has 1 saturated heterocycles. The van der Waals surface area contributed by atoms with Crippen LogP contribution in [0, 0.1) is 16.0 Å². The molecule has 1 amide bonds. The molecule has 1 aromatic rings. The van der Waals surface area contributed by atoms with Crippen molar-refractivity contribution in [2.45, 2.75) is 25.3 Å². The van der Waals surface area contributed by atoms with Crippen molar-refractivity contribution in [3.05, 3.63) is 27.8 Å². The molecule has 26 heavy (non-hydrogen) atoms. The first kappa shape index (κ1) is 19.9. The zero-order valence-electron chi connectivity index (χ0n) is 15.0. The topological polar surface area (TPSA) is 126 Å². The van der Waals surface area contributed by atoms with E-state index < -0.39 is 11.0 Å². The third-order valence-corrected chi connectivity index (χ3v) is 4.55. The summed E-state index contributed by atoms with van der Waals surface area (Å²) < 4.78 is 15.6. The maximum atomic E-state index is 12.2. The van der Waals surface area contributed by atoms with Crippen LogP contribution in [0.4, 0.5) is 5.69 Å². The molecular weight excluding hydrogens is 342 g/mol. The lowest BCUT2D eigenvalue weighted by Crippen LogP contribution is -2.47. The van der Waals surface area contributed by atoms with Crippen LogP contribution < -0.4 is 20.5 Å². The number of carbonyl (C=O) groups excluding carboxylic acids is 1. The Kier molecular flexibility index (Phi) is 7.16. The summed E-state index contributed by atoms with van der Waals surface area (Å²) in [6.07, 6.45) is 1.80. The zero-order valence-corrected chi connectivity index (χ0v) is 15.0. The molecule has 0 aliphatic carbocycles. The van der Waals surface area contributed by atoms with Gasteiger partial charge in [-0.15, -0.1) is 0 Å². The summed E-state index contributed by atoms with van der Waals surface area (Å²) in [5, 5.41) is 14.1. The Hall–Kier alpha value is -2.39. The molecule has 3 N–H and O–H groups in total. The molecule has 0 aromatic heterocycles. The summed E-state index contributed by atoms with van der Waals surface area (Å²) in [6.45, 7) is 1.47. The minimum absolute atomic E-state index is 0.0781. The molecule has 0 bridgehead atoms. The molecule has 1 aliphatic rings. The summed E-state index contributed by atoms with van der Waals surface area (Å²) in [5.74, 6) is 0.533. The zero-order chi connectivity index (χ0) is 19.1. The molecule has 1 fully saturated rings. The number of hydrogen-bond acceptors (Lipinski definition) is 7. The summed E-state index contributed by atoms with van der Waals surface area (Å²) in [5.41, 5.74) is 6.39. The minimum Gasteiger partial charge on any atom is -0.493 e. The number of methoxy groups -OCH3 is 2. The number of hydrogen-bond donors (Lipinski definition) is 2. The molecule has 1 atom stereocenters. The average Bonchev–Trinajstić information content (AvgIpc) is 2.67. The van der Waals surface area contributed by atoms with Crippen molar-refractivity contribution in [1.82, 2.24) is 5.32 Å². The fourth-order valence-electron chi connectivity index (χ4n) is 3.01. The molecule has 9 nitrogen and oxygen atoms in total. The number of nitro groups is 1. The van der Waals surface area contributed by atoms with Crippen molar-refractivity contribution in [2.75, 3.05) is 34.0 Å². The second-order valence-corrected chi connectivity index (χ2v) is 6.11. The van der Waals surface area contributed by atoms with Crippen LogP contribution in [0.25, 0.3) is 0 Å². The van der Waals surface area contributed by atoms with Gasteiger partial charge in [0.15, 0.2) is 11.5 Å². The van der Waals surface area contributed by atoms with Crippen molar-refractivity contribution in [3.63, 3.8) is 0 Å².